The minimum absolute atomic E-state index is 0.227. The highest BCUT2D eigenvalue weighted by atomic mass is 32.1. The molecule has 6 aromatic rings. The number of halogens is 1. The molecule has 306 valence electrons. The lowest BCUT2D eigenvalue weighted by molar-refractivity contribution is 0.306. The third kappa shape index (κ3) is 10.8. The van der Waals surface area contributed by atoms with Crippen LogP contribution >= 0.6 is 45.3 Å². The first kappa shape index (κ1) is 43.2. The third-order valence-electron chi connectivity index (χ3n) is 11.1. The number of hydrogen-bond donors (Lipinski definition) is 0. The molecule has 0 amide bonds. The number of rotatable bonds is 27. The van der Waals surface area contributed by atoms with Crippen LogP contribution in [0.3, 0.4) is 0 Å². The highest BCUT2D eigenvalue weighted by Gasteiger charge is 2.24. The fourth-order valence-electron chi connectivity index (χ4n) is 8.01. The zero-order chi connectivity index (χ0) is 39.3. The van der Waals surface area contributed by atoms with Gasteiger partial charge >= 0.3 is 0 Å². The van der Waals surface area contributed by atoms with Gasteiger partial charge in [-0.15, -0.1) is 34.0 Å². The molecule has 4 aromatic heterocycles. The summed E-state index contributed by atoms with van der Waals surface area (Å²) in [4.78, 5) is 4.49. The molecule has 0 saturated heterocycles. The predicted octanol–water partition coefficient (Wildman–Crippen LogP) is 18.0. The van der Waals surface area contributed by atoms with Crippen LogP contribution in [0.15, 0.2) is 24.3 Å². The van der Waals surface area contributed by atoms with Crippen molar-refractivity contribution in [3.8, 4) is 26.3 Å². The Morgan fingerprint density at radius 3 is 1.66 bits per heavy atom. The lowest BCUT2D eigenvalue weighted by Gasteiger charge is -2.16. The molecule has 4 heterocycles. The van der Waals surface area contributed by atoms with Crippen molar-refractivity contribution < 1.29 is 18.6 Å². The first-order valence-electron chi connectivity index (χ1n) is 22.0. The average Bonchev–Trinajstić information content (AvgIpc) is 3.95. The number of hydrogen-bond acceptors (Lipinski definition) is 7. The summed E-state index contributed by atoms with van der Waals surface area (Å²) < 4.78 is 38.5. The van der Waals surface area contributed by atoms with Crippen LogP contribution in [0.1, 0.15) is 159 Å². The Labute approximate surface area is 352 Å². The number of ether oxygens (including phenoxy) is 3. The molecule has 56 heavy (non-hydrogen) atoms. The van der Waals surface area contributed by atoms with Crippen LogP contribution in [0.25, 0.3) is 50.8 Å². The van der Waals surface area contributed by atoms with Crippen molar-refractivity contribution in [2.45, 2.75) is 163 Å². The van der Waals surface area contributed by atoms with Crippen LogP contribution in [0.4, 0.5) is 4.39 Å². The van der Waals surface area contributed by atoms with Gasteiger partial charge in [-0.2, -0.15) is 0 Å². The van der Waals surface area contributed by atoms with Gasteiger partial charge in [0.25, 0.3) is 0 Å². The topological polar surface area (TPSA) is 27.7 Å². The van der Waals surface area contributed by atoms with Crippen LogP contribution in [0.5, 0.6) is 16.6 Å². The summed E-state index contributed by atoms with van der Waals surface area (Å²) in [5.74, 6) is 1.75. The summed E-state index contributed by atoms with van der Waals surface area (Å²) in [6.45, 7) is 12.7. The second kappa shape index (κ2) is 22.1. The van der Waals surface area contributed by atoms with Crippen LogP contribution in [-0.2, 0) is 0 Å². The molecule has 0 unspecified atom stereocenters. The van der Waals surface area contributed by atoms with E-state index in [1.807, 2.05) is 18.3 Å². The van der Waals surface area contributed by atoms with Crippen LogP contribution in [-0.4, -0.2) is 19.8 Å². The second-order valence-corrected chi connectivity index (χ2v) is 20.2. The molecule has 0 saturated carbocycles. The van der Waals surface area contributed by atoms with Gasteiger partial charge in [0.1, 0.15) is 11.5 Å². The van der Waals surface area contributed by atoms with Crippen LogP contribution < -0.4 is 14.2 Å². The predicted molar refractivity (Wildman–Crippen MR) is 249 cm³/mol. The Morgan fingerprint density at radius 2 is 1.07 bits per heavy atom. The summed E-state index contributed by atoms with van der Waals surface area (Å²) in [5.41, 5.74) is 0. The normalized spacial score (nSPS) is 12.0. The van der Waals surface area contributed by atoms with E-state index in [-0.39, 0.29) is 5.82 Å². The molecule has 2 aromatic carbocycles. The van der Waals surface area contributed by atoms with Gasteiger partial charge < -0.3 is 14.2 Å². The SMILES string of the molecule is CCCCCCCCCCCCOc1c2cc3sc(-c4sc(C)c5sc(OCC)c(F)c45)cc3cc2c(OCCCCCCCCCCCC)c2sc(C)cc12. The summed E-state index contributed by atoms with van der Waals surface area (Å²) >= 11 is 6.68. The molecular weight excluding hydrogens is 772 g/mol. The van der Waals surface area contributed by atoms with E-state index in [0.29, 0.717) is 23.7 Å². The fourth-order valence-corrected chi connectivity index (χ4v) is 12.6. The van der Waals surface area contributed by atoms with E-state index in [1.54, 1.807) is 22.7 Å². The maximum Gasteiger partial charge on any atom is 0.211 e. The van der Waals surface area contributed by atoms with E-state index in [9.17, 15) is 0 Å². The molecule has 0 aliphatic rings. The number of thiophene rings is 4. The highest BCUT2D eigenvalue weighted by molar-refractivity contribution is 7.30. The Balaban J connectivity index is 1.24. The van der Waals surface area contributed by atoms with Crippen molar-refractivity contribution in [1.29, 1.82) is 0 Å². The largest absolute Gasteiger partial charge is 0.492 e. The molecule has 0 aliphatic heterocycles. The molecule has 0 fully saturated rings. The monoisotopic (exact) mass is 836 g/mol. The zero-order valence-corrected chi connectivity index (χ0v) is 38.1. The van der Waals surface area contributed by atoms with Crippen molar-refractivity contribution >= 4 is 86.4 Å². The lowest BCUT2D eigenvalue weighted by atomic mass is 10.0. The maximum absolute atomic E-state index is 15.8. The van der Waals surface area contributed by atoms with Gasteiger partial charge in [0.05, 0.1) is 39.5 Å². The Morgan fingerprint density at radius 1 is 0.518 bits per heavy atom. The molecule has 0 aliphatic carbocycles. The van der Waals surface area contributed by atoms with E-state index in [4.69, 9.17) is 14.2 Å². The fraction of sp³-hybridized carbons (Fsp3) is 0.583. The van der Waals surface area contributed by atoms with Gasteiger partial charge in [-0.1, -0.05) is 141 Å². The molecule has 8 heteroatoms. The summed E-state index contributed by atoms with van der Waals surface area (Å²) in [6, 6.07) is 9.18. The van der Waals surface area contributed by atoms with Crippen LogP contribution in [0.2, 0.25) is 0 Å². The van der Waals surface area contributed by atoms with E-state index in [0.717, 1.165) is 66.4 Å². The highest BCUT2D eigenvalue weighted by Crippen LogP contribution is 2.52. The van der Waals surface area contributed by atoms with Gasteiger partial charge in [0.2, 0.25) is 5.06 Å². The number of benzene rings is 2. The molecule has 3 nitrogen and oxygen atoms in total. The van der Waals surface area contributed by atoms with Gasteiger partial charge in [0, 0.05) is 35.5 Å². The first-order valence-corrected chi connectivity index (χ1v) is 25.2. The minimum atomic E-state index is -0.227. The number of fused-ring (bicyclic) bond motifs is 4. The Bertz CT molecular complexity index is 2020. The van der Waals surface area contributed by atoms with E-state index in [1.165, 1.54) is 147 Å². The minimum Gasteiger partial charge on any atom is -0.492 e. The molecule has 0 radical (unpaired) electrons. The lowest BCUT2D eigenvalue weighted by Crippen LogP contribution is -2.01. The number of aryl methyl sites for hydroxylation is 2. The van der Waals surface area contributed by atoms with E-state index >= 15 is 4.39 Å². The zero-order valence-electron chi connectivity index (χ0n) is 34.8. The molecule has 0 atom stereocenters. The van der Waals surface area contributed by atoms with Crippen molar-refractivity contribution in [3.05, 3.63) is 39.8 Å². The second-order valence-electron chi connectivity index (χ2n) is 15.7. The van der Waals surface area contributed by atoms with Gasteiger partial charge in [0.15, 0.2) is 5.82 Å². The Hall–Kier alpha value is -2.39. The van der Waals surface area contributed by atoms with Crippen molar-refractivity contribution in [2.75, 3.05) is 19.8 Å². The van der Waals surface area contributed by atoms with Crippen molar-refractivity contribution in [1.82, 2.24) is 0 Å². The van der Waals surface area contributed by atoms with Crippen molar-refractivity contribution in [2.24, 2.45) is 0 Å². The standard InChI is InChI=1S/C48H65FO3S4/c1-6-9-11-13-15-17-19-21-23-25-27-51-43-37-32-39-35(31-40(55-39)47-41-42(49)48(50-8-3)56-45(41)34(5)54-47)30-36(37)44(46-38(43)29-33(4)53-46)52-28-26-24-22-20-18-16-14-12-10-7-2/h29-32H,6-28H2,1-5H3. The Kier molecular flexibility index (Phi) is 17.1. The average molecular weight is 837 g/mol. The number of unbranched alkanes of at least 4 members (excludes halogenated alkanes) is 18. The van der Waals surface area contributed by atoms with E-state index in [2.05, 4.69) is 52.0 Å². The van der Waals surface area contributed by atoms with E-state index < -0.39 is 0 Å². The van der Waals surface area contributed by atoms with Crippen LogP contribution in [0, 0.1) is 19.7 Å². The summed E-state index contributed by atoms with van der Waals surface area (Å²) in [6.07, 6.45) is 26.1. The van der Waals surface area contributed by atoms with Gasteiger partial charge in [-0.05, 0) is 63.3 Å². The molecular formula is C48H65FO3S4. The summed E-state index contributed by atoms with van der Waals surface area (Å²) in [5, 5.41) is 5.66. The van der Waals surface area contributed by atoms with Gasteiger partial charge in [-0.25, -0.2) is 4.39 Å². The molecule has 6 rings (SSSR count). The quantitative estimate of drug-likeness (QED) is 0.0484. The van der Waals surface area contributed by atoms with Crippen molar-refractivity contribution in [3.63, 3.8) is 0 Å². The maximum atomic E-state index is 15.8. The molecule has 0 bridgehead atoms. The van der Waals surface area contributed by atoms with Gasteiger partial charge in [-0.3, -0.25) is 0 Å². The molecule has 0 spiro atoms. The third-order valence-corrected chi connectivity index (χ3v) is 15.8. The smallest absolute Gasteiger partial charge is 0.211 e. The molecule has 0 N–H and O–H groups in total. The first-order chi connectivity index (χ1) is 27.4. The summed E-state index contributed by atoms with van der Waals surface area (Å²) in [7, 11) is 0.